The second-order valence-electron chi connectivity index (χ2n) is 6.00. The lowest BCUT2D eigenvalue weighted by molar-refractivity contribution is 0.0952. The van der Waals surface area contributed by atoms with Gasteiger partial charge in [0.15, 0.2) is 0 Å². The second-order valence-corrected chi connectivity index (χ2v) is 6.00. The van der Waals surface area contributed by atoms with Crippen LogP contribution in [0.3, 0.4) is 0 Å². The smallest absolute Gasteiger partial charge is 0.251 e. The van der Waals surface area contributed by atoms with Gasteiger partial charge in [-0.2, -0.15) is 0 Å². The molecule has 0 bridgehead atoms. The normalized spacial score (nSPS) is 10.6. The van der Waals surface area contributed by atoms with E-state index in [0.717, 1.165) is 36.8 Å². The van der Waals surface area contributed by atoms with Gasteiger partial charge in [0.1, 0.15) is 0 Å². The number of carbonyl (C=O) groups is 2. The van der Waals surface area contributed by atoms with Crippen molar-refractivity contribution in [2.24, 2.45) is 0 Å². The van der Waals surface area contributed by atoms with Crippen LogP contribution in [0.25, 0.3) is 11.1 Å². The first kappa shape index (κ1) is 18.0. The van der Waals surface area contributed by atoms with Crippen molar-refractivity contribution in [3.63, 3.8) is 0 Å². The van der Waals surface area contributed by atoms with E-state index in [2.05, 4.69) is 24.5 Å². The van der Waals surface area contributed by atoms with Gasteiger partial charge < -0.3 is 10.6 Å². The lowest BCUT2D eigenvalue weighted by Gasteiger charge is -2.05. The number of hydrogen-bond acceptors (Lipinski definition) is 2. The van der Waals surface area contributed by atoms with Crippen molar-refractivity contribution in [1.82, 2.24) is 10.6 Å². The lowest BCUT2D eigenvalue weighted by Crippen LogP contribution is -2.26. The molecule has 0 aliphatic heterocycles. The van der Waals surface area contributed by atoms with E-state index in [0.29, 0.717) is 24.2 Å². The second kappa shape index (κ2) is 9.06. The first-order valence-corrected chi connectivity index (χ1v) is 8.76. The number of amides is 2. The molecule has 0 saturated carbocycles. The van der Waals surface area contributed by atoms with Crippen LogP contribution in [0.4, 0.5) is 0 Å². The van der Waals surface area contributed by atoms with Gasteiger partial charge in [-0.1, -0.05) is 44.9 Å². The van der Waals surface area contributed by atoms with E-state index in [1.165, 1.54) is 0 Å². The minimum Gasteiger partial charge on any atom is -0.352 e. The van der Waals surface area contributed by atoms with Gasteiger partial charge in [0.05, 0.1) is 0 Å². The molecule has 0 aromatic rings. The van der Waals surface area contributed by atoms with Crippen LogP contribution in [0.5, 0.6) is 0 Å². The van der Waals surface area contributed by atoms with E-state index in [-0.39, 0.29) is 11.8 Å². The summed E-state index contributed by atoms with van der Waals surface area (Å²) >= 11 is 0. The molecular weight excluding hydrogens is 300 g/mol. The van der Waals surface area contributed by atoms with Gasteiger partial charge in [-0.15, -0.1) is 0 Å². The Hall–Kier alpha value is -2.36. The first-order chi connectivity index (χ1) is 11.7. The summed E-state index contributed by atoms with van der Waals surface area (Å²) in [6.45, 7) is 5.47. The van der Waals surface area contributed by atoms with Crippen molar-refractivity contribution in [3.8, 4) is 11.1 Å². The standard InChI is InChI=1S/C20H26N2O2/c1-3-5-10-21-19(23)17-12-15-8-7-9-16(15)13-18(14-17)20(24)22-11-6-4-2/h7-9,12-14H,3-6,10-11H2,1-2H3,(H,21,23)(H,22,24). The fraction of sp³-hybridized carbons (Fsp3) is 0.400. The van der Waals surface area contributed by atoms with Gasteiger partial charge in [0.2, 0.25) is 0 Å². The highest BCUT2D eigenvalue weighted by Gasteiger charge is 2.13. The van der Waals surface area contributed by atoms with E-state index in [4.69, 9.17) is 0 Å². The Balaban J connectivity index is 2.26. The van der Waals surface area contributed by atoms with E-state index in [1.807, 2.05) is 30.3 Å². The zero-order valence-corrected chi connectivity index (χ0v) is 14.5. The SMILES string of the molecule is CCCCNC(=O)c1cc(C(=O)NCCCC)cc2cccc-2c1. The Labute approximate surface area is 144 Å². The third-order valence-electron chi connectivity index (χ3n) is 3.97. The summed E-state index contributed by atoms with van der Waals surface area (Å²) in [5.41, 5.74) is 2.97. The summed E-state index contributed by atoms with van der Waals surface area (Å²) in [7, 11) is 0. The molecule has 0 saturated heterocycles. The number of carbonyl (C=O) groups excluding carboxylic acids is 2. The first-order valence-electron chi connectivity index (χ1n) is 8.76. The molecule has 24 heavy (non-hydrogen) atoms. The summed E-state index contributed by atoms with van der Waals surface area (Å²) in [6, 6.07) is 11.2. The third kappa shape index (κ3) is 4.82. The van der Waals surface area contributed by atoms with Gasteiger partial charge >= 0.3 is 0 Å². The Morgan fingerprint density at radius 1 is 0.792 bits per heavy atom. The Bertz CT molecular complexity index is 613. The molecule has 0 unspecified atom stereocenters. The molecule has 0 aromatic carbocycles. The van der Waals surface area contributed by atoms with Gasteiger partial charge in [0.25, 0.3) is 11.8 Å². The van der Waals surface area contributed by atoms with Crippen LogP contribution in [0.2, 0.25) is 0 Å². The molecule has 0 fully saturated rings. The van der Waals surface area contributed by atoms with Crippen LogP contribution in [0, 0.1) is 0 Å². The highest BCUT2D eigenvalue weighted by Crippen LogP contribution is 2.24. The molecule has 0 heterocycles. The summed E-state index contributed by atoms with van der Waals surface area (Å²) < 4.78 is 0. The van der Waals surface area contributed by atoms with Gasteiger partial charge in [-0.25, -0.2) is 0 Å². The maximum Gasteiger partial charge on any atom is 0.251 e. The van der Waals surface area contributed by atoms with Crippen molar-refractivity contribution < 1.29 is 9.59 Å². The fourth-order valence-electron chi connectivity index (χ4n) is 2.52. The average molecular weight is 326 g/mol. The van der Waals surface area contributed by atoms with Gasteiger partial charge in [-0.3, -0.25) is 9.59 Å². The van der Waals surface area contributed by atoms with E-state index in [9.17, 15) is 9.59 Å². The van der Waals surface area contributed by atoms with E-state index in [1.54, 1.807) is 6.07 Å². The Morgan fingerprint density at radius 2 is 1.25 bits per heavy atom. The van der Waals surface area contributed by atoms with E-state index >= 15 is 0 Å². The highest BCUT2D eigenvalue weighted by molar-refractivity contribution is 6.01. The highest BCUT2D eigenvalue weighted by atomic mass is 16.2. The molecule has 2 aliphatic rings. The third-order valence-corrected chi connectivity index (χ3v) is 3.97. The molecular formula is C20H26N2O2. The molecule has 2 N–H and O–H groups in total. The van der Waals surface area contributed by atoms with Crippen LogP contribution in [0.1, 0.15) is 60.2 Å². The molecule has 128 valence electrons. The molecule has 0 aromatic heterocycles. The molecule has 4 nitrogen and oxygen atoms in total. The zero-order valence-electron chi connectivity index (χ0n) is 14.5. The minimum atomic E-state index is -0.134. The predicted octanol–water partition coefficient (Wildman–Crippen LogP) is 3.85. The summed E-state index contributed by atoms with van der Waals surface area (Å²) in [5.74, 6) is -0.269. The topological polar surface area (TPSA) is 58.2 Å². The predicted molar refractivity (Wildman–Crippen MR) is 97.5 cm³/mol. The number of fused-ring (bicyclic) bond motifs is 1. The van der Waals surface area contributed by atoms with Crippen molar-refractivity contribution >= 4 is 11.8 Å². The van der Waals surface area contributed by atoms with Gasteiger partial charge in [0, 0.05) is 24.2 Å². The minimum absolute atomic E-state index is 0.134. The maximum atomic E-state index is 12.4. The lowest BCUT2D eigenvalue weighted by atomic mass is 10.1. The zero-order chi connectivity index (χ0) is 17.4. The van der Waals surface area contributed by atoms with Crippen LogP contribution in [0.15, 0.2) is 36.4 Å². The average Bonchev–Trinajstić information content (AvgIpc) is 2.92. The van der Waals surface area contributed by atoms with Crippen molar-refractivity contribution in [3.05, 3.63) is 47.5 Å². The quantitative estimate of drug-likeness (QED) is 0.724. The summed E-state index contributed by atoms with van der Waals surface area (Å²) in [6.07, 6.45) is 3.95. The number of rotatable bonds is 8. The van der Waals surface area contributed by atoms with Crippen LogP contribution >= 0.6 is 0 Å². The van der Waals surface area contributed by atoms with Crippen LogP contribution in [-0.2, 0) is 0 Å². The number of unbranched alkanes of at least 4 members (excludes halogenated alkanes) is 2. The summed E-state index contributed by atoms with van der Waals surface area (Å²) in [5, 5.41) is 5.84. The number of nitrogens with one attached hydrogen (secondary N) is 2. The van der Waals surface area contributed by atoms with E-state index < -0.39 is 0 Å². The Kier molecular flexibility index (Phi) is 6.79. The molecule has 2 amide bonds. The monoisotopic (exact) mass is 326 g/mol. The van der Waals surface area contributed by atoms with Crippen molar-refractivity contribution in [2.45, 2.75) is 39.5 Å². The maximum absolute atomic E-state index is 12.4. The molecule has 2 aliphatic carbocycles. The summed E-state index contributed by atoms with van der Waals surface area (Å²) in [4.78, 5) is 24.8. The number of hydrogen-bond donors (Lipinski definition) is 2. The Morgan fingerprint density at radius 3 is 1.67 bits per heavy atom. The molecule has 2 rings (SSSR count). The largest absolute Gasteiger partial charge is 0.352 e. The molecule has 0 radical (unpaired) electrons. The van der Waals surface area contributed by atoms with Crippen LogP contribution < -0.4 is 10.6 Å². The fourth-order valence-corrected chi connectivity index (χ4v) is 2.52. The molecule has 0 atom stereocenters. The van der Waals surface area contributed by atoms with Crippen molar-refractivity contribution in [2.75, 3.05) is 13.1 Å². The van der Waals surface area contributed by atoms with Crippen molar-refractivity contribution in [1.29, 1.82) is 0 Å². The van der Waals surface area contributed by atoms with Crippen LogP contribution in [-0.4, -0.2) is 24.9 Å². The molecule has 4 heteroatoms. The van der Waals surface area contributed by atoms with Gasteiger partial charge in [-0.05, 0) is 42.2 Å². The molecule has 0 spiro atoms.